The van der Waals surface area contributed by atoms with Crippen LogP contribution in [0.2, 0.25) is 5.02 Å². The Balaban J connectivity index is 2.19. The quantitative estimate of drug-likeness (QED) is 0.854. The first kappa shape index (κ1) is 16.3. The van der Waals surface area contributed by atoms with Gasteiger partial charge < -0.3 is 15.2 Å². The largest absolute Gasteiger partial charge is 0.504 e. The third kappa shape index (κ3) is 3.57. The van der Waals surface area contributed by atoms with Crippen molar-refractivity contribution in [2.75, 3.05) is 12.4 Å². The van der Waals surface area contributed by atoms with Crippen LogP contribution in [-0.4, -0.2) is 12.2 Å². The summed E-state index contributed by atoms with van der Waals surface area (Å²) in [5, 5.41) is 12.4. The smallest absolute Gasteiger partial charge is 0.417 e. The van der Waals surface area contributed by atoms with Crippen LogP contribution in [0.15, 0.2) is 36.4 Å². The highest BCUT2D eigenvalue weighted by Crippen LogP contribution is 2.36. The van der Waals surface area contributed by atoms with Crippen molar-refractivity contribution in [3.63, 3.8) is 0 Å². The maximum atomic E-state index is 12.8. The Morgan fingerprint density at radius 2 is 1.95 bits per heavy atom. The van der Waals surface area contributed by atoms with Crippen molar-refractivity contribution < 1.29 is 23.0 Å². The average Bonchev–Trinajstić information content (AvgIpc) is 2.46. The van der Waals surface area contributed by atoms with Crippen LogP contribution in [0.3, 0.4) is 0 Å². The van der Waals surface area contributed by atoms with Gasteiger partial charge in [-0.1, -0.05) is 23.7 Å². The van der Waals surface area contributed by atoms with Crippen LogP contribution in [-0.2, 0) is 12.7 Å². The lowest BCUT2D eigenvalue weighted by Crippen LogP contribution is -2.07. The van der Waals surface area contributed by atoms with Crippen molar-refractivity contribution in [1.82, 2.24) is 0 Å². The van der Waals surface area contributed by atoms with Crippen LogP contribution in [0, 0.1) is 0 Å². The van der Waals surface area contributed by atoms with Gasteiger partial charge in [0.1, 0.15) is 0 Å². The highest BCUT2D eigenvalue weighted by Gasteiger charge is 2.33. The first-order valence-corrected chi connectivity index (χ1v) is 6.66. The minimum absolute atomic E-state index is 0.0532. The molecule has 0 aromatic heterocycles. The number of ether oxygens (including phenoxy) is 1. The Morgan fingerprint density at radius 1 is 1.23 bits per heavy atom. The Kier molecular flexibility index (Phi) is 4.71. The Bertz CT molecular complexity index is 674. The molecule has 0 radical (unpaired) electrons. The van der Waals surface area contributed by atoms with Gasteiger partial charge in [0.05, 0.1) is 17.7 Å². The van der Waals surface area contributed by atoms with Crippen molar-refractivity contribution >= 4 is 17.3 Å². The van der Waals surface area contributed by atoms with E-state index >= 15 is 0 Å². The second-order valence-electron chi connectivity index (χ2n) is 4.51. The lowest BCUT2D eigenvalue weighted by molar-refractivity contribution is -0.137. The maximum Gasteiger partial charge on any atom is 0.417 e. The number of aromatic hydroxyl groups is 1. The molecular weight excluding hydrogens is 319 g/mol. The number of hydrogen-bond donors (Lipinski definition) is 2. The van der Waals surface area contributed by atoms with Gasteiger partial charge >= 0.3 is 6.18 Å². The fourth-order valence-electron chi connectivity index (χ4n) is 1.92. The molecule has 0 aliphatic rings. The summed E-state index contributed by atoms with van der Waals surface area (Å²) >= 11 is 5.56. The molecule has 118 valence electrons. The van der Waals surface area contributed by atoms with Gasteiger partial charge in [0.25, 0.3) is 0 Å². The number of hydrogen-bond acceptors (Lipinski definition) is 3. The fraction of sp³-hybridized carbons (Fsp3) is 0.200. The molecule has 2 rings (SSSR count). The molecule has 22 heavy (non-hydrogen) atoms. The predicted molar refractivity (Wildman–Crippen MR) is 78.4 cm³/mol. The van der Waals surface area contributed by atoms with E-state index < -0.39 is 11.7 Å². The molecule has 0 atom stereocenters. The monoisotopic (exact) mass is 331 g/mol. The Hall–Kier alpha value is -2.08. The van der Waals surface area contributed by atoms with Crippen molar-refractivity contribution in [3.05, 3.63) is 52.5 Å². The van der Waals surface area contributed by atoms with E-state index in [9.17, 15) is 18.3 Å². The number of phenols is 1. The molecule has 3 nitrogen and oxygen atoms in total. The van der Waals surface area contributed by atoms with Gasteiger partial charge in [0.2, 0.25) is 0 Å². The molecule has 0 bridgehead atoms. The van der Waals surface area contributed by atoms with Gasteiger partial charge in [0.15, 0.2) is 11.5 Å². The molecule has 2 aromatic rings. The second-order valence-corrected chi connectivity index (χ2v) is 4.92. The first-order valence-electron chi connectivity index (χ1n) is 6.28. The van der Waals surface area contributed by atoms with Gasteiger partial charge in [-0.2, -0.15) is 13.2 Å². The standard InChI is InChI=1S/C15H13ClF3NO2/c1-22-13-4-2-3-9(14(13)21)8-20-10-5-6-12(16)11(7-10)15(17,18)19/h2-7,20-21H,8H2,1H3. The van der Waals surface area contributed by atoms with Crippen molar-refractivity contribution in [3.8, 4) is 11.5 Å². The van der Waals surface area contributed by atoms with Gasteiger partial charge in [-0.05, 0) is 24.3 Å². The summed E-state index contributed by atoms with van der Waals surface area (Å²) in [6.45, 7) is 0.141. The van der Waals surface area contributed by atoms with E-state index in [0.29, 0.717) is 11.3 Å². The third-order valence-electron chi connectivity index (χ3n) is 3.06. The molecule has 0 unspecified atom stereocenters. The topological polar surface area (TPSA) is 41.5 Å². The number of nitrogens with one attached hydrogen (secondary N) is 1. The molecule has 0 saturated carbocycles. The summed E-state index contributed by atoms with van der Waals surface area (Å²) in [6.07, 6.45) is -4.52. The average molecular weight is 332 g/mol. The van der Waals surface area contributed by atoms with Gasteiger partial charge in [-0.25, -0.2) is 0 Å². The third-order valence-corrected chi connectivity index (χ3v) is 3.39. The number of alkyl halides is 3. The van der Waals surface area contributed by atoms with Crippen molar-refractivity contribution in [2.45, 2.75) is 12.7 Å². The van der Waals surface area contributed by atoms with E-state index in [2.05, 4.69) is 5.32 Å². The molecule has 0 heterocycles. The molecule has 0 aliphatic carbocycles. The number of methoxy groups -OCH3 is 1. The molecule has 0 saturated heterocycles. The summed E-state index contributed by atoms with van der Waals surface area (Å²) < 4.78 is 43.3. The number of rotatable bonds is 4. The lowest BCUT2D eigenvalue weighted by atomic mass is 10.1. The van der Waals surface area contributed by atoms with Crippen LogP contribution in [0.1, 0.15) is 11.1 Å². The van der Waals surface area contributed by atoms with E-state index in [1.807, 2.05) is 0 Å². The second kappa shape index (κ2) is 6.36. The first-order chi connectivity index (χ1) is 10.3. The molecule has 0 amide bonds. The molecule has 0 aliphatic heterocycles. The highest BCUT2D eigenvalue weighted by molar-refractivity contribution is 6.31. The van der Waals surface area contributed by atoms with Gasteiger partial charge in [-0.3, -0.25) is 0 Å². The molecular formula is C15H13ClF3NO2. The number of benzene rings is 2. The zero-order valence-corrected chi connectivity index (χ0v) is 12.3. The normalized spacial score (nSPS) is 11.3. The van der Waals surface area contributed by atoms with Crippen LogP contribution in [0.4, 0.5) is 18.9 Å². The van der Waals surface area contributed by atoms with Crippen molar-refractivity contribution in [2.24, 2.45) is 0 Å². The number of halogens is 4. The van der Waals surface area contributed by atoms with Gasteiger partial charge in [-0.15, -0.1) is 0 Å². The zero-order chi connectivity index (χ0) is 16.3. The van der Waals surface area contributed by atoms with Crippen LogP contribution < -0.4 is 10.1 Å². The van der Waals surface area contributed by atoms with E-state index in [0.717, 1.165) is 6.07 Å². The lowest BCUT2D eigenvalue weighted by Gasteiger charge is -2.13. The van der Waals surface area contributed by atoms with E-state index in [1.54, 1.807) is 18.2 Å². The summed E-state index contributed by atoms with van der Waals surface area (Å²) in [5.74, 6) is 0.244. The van der Waals surface area contributed by atoms with E-state index in [4.69, 9.17) is 16.3 Å². The number of phenolic OH excluding ortho intramolecular Hbond substituents is 1. The highest BCUT2D eigenvalue weighted by atomic mass is 35.5. The van der Waals surface area contributed by atoms with Crippen molar-refractivity contribution in [1.29, 1.82) is 0 Å². The molecule has 7 heteroatoms. The van der Waals surface area contributed by atoms with Crippen LogP contribution in [0.25, 0.3) is 0 Å². The summed E-state index contributed by atoms with van der Waals surface area (Å²) in [6, 6.07) is 8.46. The summed E-state index contributed by atoms with van der Waals surface area (Å²) in [4.78, 5) is 0. The Morgan fingerprint density at radius 3 is 2.59 bits per heavy atom. The maximum absolute atomic E-state index is 12.8. The van der Waals surface area contributed by atoms with Crippen LogP contribution in [0.5, 0.6) is 11.5 Å². The van der Waals surface area contributed by atoms with Gasteiger partial charge in [0, 0.05) is 17.8 Å². The molecule has 2 aromatic carbocycles. The molecule has 0 spiro atoms. The number of anilines is 1. The summed E-state index contributed by atoms with van der Waals surface area (Å²) in [7, 11) is 1.42. The summed E-state index contributed by atoms with van der Waals surface area (Å²) in [5.41, 5.74) is -0.157. The minimum atomic E-state index is -4.52. The van der Waals surface area contributed by atoms with Crippen LogP contribution >= 0.6 is 11.6 Å². The van der Waals surface area contributed by atoms with E-state index in [1.165, 1.54) is 19.2 Å². The minimum Gasteiger partial charge on any atom is -0.504 e. The zero-order valence-electron chi connectivity index (χ0n) is 11.5. The van der Waals surface area contributed by atoms with E-state index in [-0.39, 0.29) is 23.0 Å². The molecule has 0 fully saturated rings. The molecule has 2 N–H and O–H groups in total. The number of para-hydroxylation sites is 1. The predicted octanol–water partition coefficient (Wildman–Crippen LogP) is 4.69. The SMILES string of the molecule is COc1cccc(CNc2ccc(Cl)c(C(F)(F)F)c2)c1O. The Labute approximate surface area is 130 Å². The fourth-order valence-corrected chi connectivity index (χ4v) is 2.15.